The molecule has 0 fully saturated rings. The van der Waals surface area contributed by atoms with E-state index in [-0.39, 0.29) is 17.1 Å². The predicted molar refractivity (Wildman–Crippen MR) is 74.3 cm³/mol. The monoisotopic (exact) mass is 356 g/mol. The number of phenols is 1. The van der Waals surface area contributed by atoms with Crippen molar-refractivity contribution in [2.75, 3.05) is 0 Å². The first-order valence-electron chi connectivity index (χ1n) is 5.06. The van der Waals surface area contributed by atoms with Crippen LogP contribution in [-0.2, 0) is 0 Å². The largest absolute Gasteiger partial charge is 0.508 e. The van der Waals surface area contributed by atoms with Crippen molar-refractivity contribution in [3.05, 3.63) is 51.6 Å². The molecule has 0 heterocycles. The van der Waals surface area contributed by atoms with Crippen LogP contribution in [0.2, 0.25) is 0 Å². The van der Waals surface area contributed by atoms with Crippen LogP contribution in [0.3, 0.4) is 0 Å². The third kappa shape index (κ3) is 2.92. The van der Waals surface area contributed by atoms with Crippen molar-refractivity contribution < 1.29 is 19.7 Å². The summed E-state index contributed by atoms with van der Waals surface area (Å²) < 4.78 is 6.29. The Morgan fingerprint density at radius 2 is 1.89 bits per heavy atom. The van der Waals surface area contributed by atoms with Crippen LogP contribution in [0, 0.1) is 3.57 Å². The van der Waals surface area contributed by atoms with Crippen LogP contribution in [0.5, 0.6) is 17.2 Å². The van der Waals surface area contributed by atoms with Crippen molar-refractivity contribution in [3.63, 3.8) is 0 Å². The summed E-state index contributed by atoms with van der Waals surface area (Å²) in [6.07, 6.45) is 0. The summed E-state index contributed by atoms with van der Waals surface area (Å²) in [6, 6.07) is 11.1. The molecule has 0 aromatic heterocycles. The maximum absolute atomic E-state index is 11.0. The fourth-order valence-electron chi connectivity index (χ4n) is 1.47. The Labute approximate surface area is 117 Å². The molecule has 5 heteroatoms. The molecule has 0 aliphatic rings. The van der Waals surface area contributed by atoms with Gasteiger partial charge in [-0.1, -0.05) is 12.1 Å². The fraction of sp³-hybridized carbons (Fsp3) is 0. The lowest BCUT2D eigenvalue weighted by Crippen LogP contribution is -1.99. The highest BCUT2D eigenvalue weighted by Gasteiger charge is 2.11. The SMILES string of the molecule is O=C(O)c1ccccc1Oc1cc(O)cc(I)c1. The van der Waals surface area contributed by atoms with Crippen molar-refractivity contribution in [1.29, 1.82) is 0 Å². The van der Waals surface area contributed by atoms with E-state index in [0.29, 0.717) is 5.75 Å². The number of halogens is 1. The average molecular weight is 356 g/mol. The molecule has 0 aliphatic carbocycles. The Bertz CT molecular complexity index is 575. The second-order valence-electron chi connectivity index (χ2n) is 3.55. The topological polar surface area (TPSA) is 66.8 Å². The van der Waals surface area contributed by atoms with Crippen LogP contribution in [0.25, 0.3) is 0 Å². The molecule has 2 aromatic rings. The maximum atomic E-state index is 11.0. The molecule has 0 spiro atoms. The highest BCUT2D eigenvalue weighted by atomic mass is 127. The second-order valence-corrected chi connectivity index (χ2v) is 4.79. The van der Waals surface area contributed by atoms with Crippen LogP contribution >= 0.6 is 22.6 Å². The number of hydrogen-bond donors (Lipinski definition) is 2. The van der Waals surface area contributed by atoms with Gasteiger partial charge in [-0.25, -0.2) is 4.79 Å². The van der Waals surface area contributed by atoms with Gasteiger partial charge in [0.15, 0.2) is 0 Å². The maximum Gasteiger partial charge on any atom is 0.339 e. The molecule has 0 aliphatic heterocycles. The zero-order valence-corrected chi connectivity index (χ0v) is 11.3. The number of aromatic carboxylic acids is 1. The summed E-state index contributed by atoms with van der Waals surface area (Å²) in [5, 5.41) is 18.5. The van der Waals surface area contributed by atoms with Crippen LogP contribution in [0.15, 0.2) is 42.5 Å². The van der Waals surface area contributed by atoms with Crippen molar-refractivity contribution in [1.82, 2.24) is 0 Å². The summed E-state index contributed by atoms with van der Waals surface area (Å²) in [6.45, 7) is 0. The minimum atomic E-state index is -1.06. The van der Waals surface area contributed by atoms with Gasteiger partial charge in [0.25, 0.3) is 0 Å². The number of carboxylic acid groups (broad SMARTS) is 1. The first-order chi connectivity index (χ1) is 8.56. The van der Waals surface area contributed by atoms with Gasteiger partial charge in [0.05, 0.1) is 0 Å². The molecule has 2 rings (SSSR count). The van der Waals surface area contributed by atoms with Gasteiger partial charge in [-0.15, -0.1) is 0 Å². The van der Waals surface area contributed by atoms with Gasteiger partial charge in [0, 0.05) is 9.64 Å². The zero-order chi connectivity index (χ0) is 13.1. The number of carbonyl (C=O) groups is 1. The summed E-state index contributed by atoms with van der Waals surface area (Å²) >= 11 is 2.04. The van der Waals surface area contributed by atoms with E-state index in [1.165, 1.54) is 12.1 Å². The van der Waals surface area contributed by atoms with Crippen LogP contribution in [0.4, 0.5) is 0 Å². The van der Waals surface area contributed by atoms with E-state index < -0.39 is 5.97 Å². The van der Waals surface area contributed by atoms with Gasteiger partial charge < -0.3 is 14.9 Å². The van der Waals surface area contributed by atoms with Crippen LogP contribution in [0.1, 0.15) is 10.4 Å². The minimum Gasteiger partial charge on any atom is -0.508 e. The predicted octanol–water partition coefficient (Wildman–Crippen LogP) is 3.49. The Hall–Kier alpha value is -1.76. The number of hydrogen-bond acceptors (Lipinski definition) is 3. The molecule has 92 valence electrons. The molecule has 18 heavy (non-hydrogen) atoms. The minimum absolute atomic E-state index is 0.0738. The first-order valence-corrected chi connectivity index (χ1v) is 6.14. The Morgan fingerprint density at radius 1 is 1.17 bits per heavy atom. The Kier molecular flexibility index (Phi) is 3.71. The molecule has 0 radical (unpaired) electrons. The van der Waals surface area contributed by atoms with Gasteiger partial charge in [0.1, 0.15) is 22.8 Å². The molecule has 0 atom stereocenters. The average Bonchev–Trinajstić information content (AvgIpc) is 2.27. The highest BCUT2D eigenvalue weighted by Crippen LogP contribution is 2.29. The van der Waals surface area contributed by atoms with Gasteiger partial charge in [0.2, 0.25) is 0 Å². The van der Waals surface area contributed by atoms with Crippen molar-refractivity contribution in [2.45, 2.75) is 0 Å². The molecule has 0 amide bonds. The quantitative estimate of drug-likeness (QED) is 0.827. The van der Waals surface area contributed by atoms with E-state index in [4.69, 9.17) is 9.84 Å². The van der Waals surface area contributed by atoms with E-state index in [1.54, 1.807) is 30.3 Å². The fourth-order valence-corrected chi connectivity index (χ4v) is 2.09. The molecule has 0 saturated carbocycles. The summed E-state index contributed by atoms with van der Waals surface area (Å²) in [5.41, 5.74) is 0.0795. The smallest absolute Gasteiger partial charge is 0.339 e. The van der Waals surface area contributed by atoms with Gasteiger partial charge in [-0.05, 0) is 46.9 Å². The zero-order valence-electron chi connectivity index (χ0n) is 9.13. The molecular formula is C13H9IO4. The lowest BCUT2D eigenvalue weighted by Gasteiger charge is -2.09. The van der Waals surface area contributed by atoms with Crippen LogP contribution < -0.4 is 4.74 Å². The first kappa shape index (κ1) is 12.7. The summed E-state index contributed by atoms with van der Waals surface area (Å²) in [7, 11) is 0. The van der Waals surface area contributed by atoms with E-state index >= 15 is 0 Å². The van der Waals surface area contributed by atoms with E-state index in [0.717, 1.165) is 3.57 Å². The van der Waals surface area contributed by atoms with Crippen LogP contribution in [-0.4, -0.2) is 16.2 Å². The van der Waals surface area contributed by atoms with Crippen molar-refractivity contribution in [2.24, 2.45) is 0 Å². The van der Waals surface area contributed by atoms with Crippen molar-refractivity contribution in [3.8, 4) is 17.2 Å². The van der Waals surface area contributed by atoms with E-state index in [2.05, 4.69) is 0 Å². The van der Waals surface area contributed by atoms with Crippen molar-refractivity contribution >= 4 is 28.6 Å². The number of rotatable bonds is 3. The molecule has 2 N–H and O–H groups in total. The highest BCUT2D eigenvalue weighted by molar-refractivity contribution is 14.1. The lowest BCUT2D eigenvalue weighted by atomic mass is 10.2. The normalized spacial score (nSPS) is 10.1. The number of carboxylic acids is 1. The molecule has 0 saturated heterocycles. The van der Waals surface area contributed by atoms with Gasteiger partial charge >= 0.3 is 5.97 Å². The lowest BCUT2D eigenvalue weighted by molar-refractivity contribution is 0.0694. The number of phenolic OH excluding ortho intramolecular Hbond substituents is 1. The number of aromatic hydroxyl groups is 1. The Balaban J connectivity index is 2.37. The van der Waals surface area contributed by atoms with Gasteiger partial charge in [-0.3, -0.25) is 0 Å². The third-order valence-electron chi connectivity index (χ3n) is 2.20. The van der Waals surface area contributed by atoms with E-state index in [9.17, 15) is 9.90 Å². The molecule has 4 nitrogen and oxygen atoms in total. The summed E-state index contributed by atoms with van der Waals surface area (Å²) in [4.78, 5) is 11.0. The number of para-hydroxylation sites is 1. The molecular weight excluding hydrogens is 347 g/mol. The number of benzene rings is 2. The number of ether oxygens (including phenoxy) is 1. The molecule has 0 bridgehead atoms. The van der Waals surface area contributed by atoms with Gasteiger partial charge in [-0.2, -0.15) is 0 Å². The standard InChI is InChI=1S/C13H9IO4/c14-8-5-9(15)7-10(6-8)18-12-4-2-1-3-11(12)13(16)17/h1-7,15H,(H,16,17). The summed E-state index contributed by atoms with van der Waals surface area (Å²) in [5.74, 6) is -0.343. The van der Waals surface area contributed by atoms with E-state index in [1.807, 2.05) is 22.6 Å². The Morgan fingerprint density at radius 3 is 2.56 bits per heavy atom. The second kappa shape index (κ2) is 5.26. The third-order valence-corrected chi connectivity index (χ3v) is 2.82. The molecule has 2 aromatic carbocycles. The molecule has 0 unspecified atom stereocenters.